The normalized spacial score (nSPS) is 20.2. The van der Waals surface area contributed by atoms with E-state index in [2.05, 4.69) is 13.1 Å². The molecule has 0 aromatic heterocycles. The molecule has 0 aromatic carbocycles. The highest BCUT2D eigenvalue weighted by Gasteiger charge is 2.32. The van der Waals surface area contributed by atoms with Crippen LogP contribution >= 0.6 is 0 Å². The molecule has 1 saturated carbocycles. The summed E-state index contributed by atoms with van der Waals surface area (Å²) in [6, 6.07) is 1.45. The summed E-state index contributed by atoms with van der Waals surface area (Å²) >= 11 is 0. The largest absolute Gasteiger partial charge is 0.330 e. The monoisotopic (exact) mass is 185 g/mol. The molecule has 1 nitrogen and oxygen atoms in total. The van der Waals surface area contributed by atoms with Crippen LogP contribution in [0.4, 0.5) is 0 Å². The summed E-state index contributed by atoms with van der Waals surface area (Å²) < 4.78 is 0. The third-order valence-electron chi connectivity index (χ3n) is 3.49. The van der Waals surface area contributed by atoms with Gasteiger partial charge >= 0.3 is 0 Å². The summed E-state index contributed by atoms with van der Waals surface area (Å²) in [6.45, 7) is 6.00. The first kappa shape index (κ1) is 10.3. The Hall–Kier alpha value is 0.177. The second-order valence-corrected chi connectivity index (χ2v) is 10.2. The average Bonchev–Trinajstić information content (AvgIpc) is 2.53. The molecule has 2 N–H and O–H groups in total. The van der Waals surface area contributed by atoms with Crippen molar-refractivity contribution in [1.82, 2.24) is 0 Å². The lowest BCUT2D eigenvalue weighted by Crippen LogP contribution is -2.31. The van der Waals surface area contributed by atoms with Gasteiger partial charge in [-0.25, -0.2) is 0 Å². The highest BCUT2D eigenvalue weighted by atomic mass is 28.3. The minimum Gasteiger partial charge on any atom is -0.330 e. The van der Waals surface area contributed by atoms with Gasteiger partial charge in [-0.05, 0) is 18.5 Å². The maximum Gasteiger partial charge on any atom is 0.0505 e. The quantitative estimate of drug-likeness (QED) is 0.670. The molecule has 0 aromatic rings. The zero-order valence-corrected chi connectivity index (χ0v) is 9.60. The smallest absolute Gasteiger partial charge is 0.0505 e. The molecule has 1 aliphatic rings. The molecule has 0 unspecified atom stereocenters. The van der Waals surface area contributed by atoms with Gasteiger partial charge in [-0.3, -0.25) is 0 Å². The average molecular weight is 185 g/mol. The maximum atomic E-state index is 5.56. The number of hydrogen-bond donors (Lipinski definition) is 1. The van der Waals surface area contributed by atoms with Crippen molar-refractivity contribution in [3.8, 4) is 0 Å². The van der Waals surface area contributed by atoms with Crippen molar-refractivity contribution in [2.45, 2.75) is 56.8 Å². The van der Waals surface area contributed by atoms with Gasteiger partial charge in [0.05, 0.1) is 8.07 Å². The first-order valence-electron chi connectivity index (χ1n) is 5.37. The van der Waals surface area contributed by atoms with Crippen LogP contribution in [0.25, 0.3) is 0 Å². The van der Waals surface area contributed by atoms with E-state index in [0.29, 0.717) is 0 Å². The topological polar surface area (TPSA) is 26.0 Å². The summed E-state index contributed by atoms with van der Waals surface area (Å²) in [7, 11) is -0.871. The molecule has 1 aliphatic carbocycles. The van der Waals surface area contributed by atoms with Crippen LogP contribution in [0.15, 0.2) is 0 Å². The number of nitrogens with two attached hydrogens (primary N) is 1. The van der Waals surface area contributed by atoms with Gasteiger partial charge in [-0.2, -0.15) is 0 Å². The molecule has 0 bridgehead atoms. The van der Waals surface area contributed by atoms with E-state index in [1.54, 1.807) is 0 Å². The summed E-state index contributed by atoms with van der Waals surface area (Å²) in [5.41, 5.74) is 6.67. The molecule has 0 heterocycles. The number of hydrogen-bond acceptors (Lipinski definition) is 1. The lowest BCUT2D eigenvalue weighted by Gasteiger charge is -2.29. The van der Waals surface area contributed by atoms with E-state index in [-0.39, 0.29) is 0 Å². The third-order valence-corrected chi connectivity index (χ3v) is 7.92. The summed E-state index contributed by atoms with van der Waals surface area (Å²) in [5, 5.41) is 0. The van der Waals surface area contributed by atoms with Crippen molar-refractivity contribution in [3.63, 3.8) is 0 Å². The second kappa shape index (κ2) is 4.42. The fraction of sp³-hybridized carbons (Fsp3) is 1.00. The molecule has 0 aliphatic heterocycles. The lowest BCUT2D eigenvalue weighted by atomic mass is 10.4. The Morgan fingerprint density at radius 2 is 1.83 bits per heavy atom. The van der Waals surface area contributed by atoms with Gasteiger partial charge in [-0.15, -0.1) is 0 Å². The van der Waals surface area contributed by atoms with E-state index in [9.17, 15) is 0 Å². The predicted octanol–water partition coefficient (Wildman–Crippen LogP) is 2.99. The molecule has 0 saturated heterocycles. The van der Waals surface area contributed by atoms with E-state index in [0.717, 1.165) is 12.1 Å². The van der Waals surface area contributed by atoms with Crippen LogP contribution in [0.1, 0.15) is 32.1 Å². The third kappa shape index (κ3) is 2.59. The Kier molecular flexibility index (Phi) is 3.78. The first-order chi connectivity index (χ1) is 5.67. The van der Waals surface area contributed by atoms with Crippen molar-refractivity contribution >= 4 is 8.07 Å². The van der Waals surface area contributed by atoms with Crippen LogP contribution in [0.3, 0.4) is 0 Å². The summed E-state index contributed by atoms with van der Waals surface area (Å²) in [4.78, 5) is 0. The Morgan fingerprint density at radius 1 is 1.25 bits per heavy atom. The van der Waals surface area contributed by atoms with Crippen LogP contribution in [-0.2, 0) is 0 Å². The van der Waals surface area contributed by atoms with Crippen LogP contribution in [0, 0.1) is 0 Å². The molecule has 12 heavy (non-hydrogen) atoms. The summed E-state index contributed by atoms with van der Waals surface area (Å²) in [5.74, 6) is 0. The molecule has 0 radical (unpaired) electrons. The van der Waals surface area contributed by atoms with Crippen molar-refractivity contribution in [2.75, 3.05) is 6.54 Å². The fourth-order valence-corrected chi connectivity index (χ4v) is 5.96. The Balaban J connectivity index is 2.34. The molecule has 1 fully saturated rings. The van der Waals surface area contributed by atoms with E-state index in [4.69, 9.17) is 5.73 Å². The van der Waals surface area contributed by atoms with Gasteiger partial charge in [0, 0.05) is 0 Å². The van der Waals surface area contributed by atoms with Crippen LogP contribution in [-0.4, -0.2) is 14.6 Å². The Bertz CT molecular complexity index is 128. The van der Waals surface area contributed by atoms with Gasteiger partial charge in [0.1, 0.15) is 0 Å². The molecular formula is C10H23NSi. The minimum absolute atomic E-state index is 0.871. The van der Waals surface area contributed by atoms with Gasteiger partial charge in [0.2, 0.25) is 0 Å². The SMILES string of the molecule is C[Si](C)(CCCN)C1CCCC1. The second-order valence-electron chi connectivity index (χ2n) is 4.86. The van der Waals surface area contributed by atoms with E-state index >= 15 is 0 Å². The molecule has 1 rings (SSSR count). The van der Waals surface area contributed by atoms with Crippen molar-refractivity contribution in [2.24, 2.45) is 5.73 Å². The van der Waals surface area contributed by atoms with Crippen LogP contribution < -0.4 is 5.73 Å². The standard InChI is InChI=1S/C10H23NSi/c1-12(2,9-5-8-11)10-6-3-4-7-10/h10H,3-9,11H2,1-2H3. The molecule has 0 spiro atoms. The summed E-state index contributed by atoms with van der Waals surface area (Å²) in [6.07, 6.45) is 7.27. The van der Waals surface area contributed by atoms with Gasteiger partial charge in [0.25, 0.3) is 0 Å². The molecule has 0 amide bonds. The van der Waals surface area contributed by atoms with E-state index in [1.807, 2.05) is 0 Å². The van der Waals surface area contributed by atoms with Gasteiger partial charge in [0.15, 0.2) is 0 Å². The fourth-order valence-electron chi connectivity index (χ4n) is 2.47. The van der Waals surface area contributed by atoms with Crippen LogP contribution in [0.5, 0.6) is 0 Å². The number of rotatable bonds is 4. The van der Waals surface area contributed by atoms with Crippen molar-refractivity contribution in [3.05, 3.63) is 0 Å². The highest BCUT2D eigenvalue weighted by molar-refractivity contribution is 6.78. The van der Waals surface area contributed by atoms with Crippen molar-refractivity contribution in [1.29, 1.82) is 0 Å². The van der Waals surface area contributed by atoms with Crippen molar-refractivity contribution < 1.29 is 0 Å². The van der Waals surface area contributed by atoms with Crippen LogP contribution in [0.2, 0.25) is 24.7 Å². The molecule has 72 valence electrons. The van der Waals surface area contributed by atoms with Gasteiger partial charge < -0.3 is 5.73 Å². The molecular weight excluding hydrogens is 162 g/mol. The zero-order valence-electron chi connectivity index (χ0n) is 8.60. The minimum atomic E-state index is -0.871. The Morgan fingerprint density at radius 3 is 2.33 bits per heavy atom. The maximum absolute atomic E-state index is 5.56. The predicted molar refractivity (Wildman–Crippen MR) is 58.2 cm³/mol. The Labute approximate surface area is 77.7 Å². The zero-order chi connectivity index (χ0) is 9.03. The molecule has 0 atom stereocenters. The van der Waals surface area contributed by atoms with Gasteiger partial charge in [-0.1, -0.05) is 44.8 Å². The van der Waals surface area contributed by atoms with E-state index < -0.39 is 8.07 Å². The molecule has 2 heteroatoms. The highest BCUT2D eigenvalue weighted by Crippen LogP contribution is 2.40. The van der Waals surface area contributed by atoms with E-state index in [1.165, 1.54) is 38.1 Å². The first-order valence-corrected chi connectivity index (χ1v) is 8.65. The lowest BCUT2D eigenvalue weighted by molar-refractivity contribution is 0.806.